The van der Waals surface area contributed by atoms with Crippen molar-refractivity contribution in [2.24, 2.45) is 0 Å². The van der Waals surface area contributed by atoms with E-state index in [2.05, 4.69) is 4.74 Å². The number of ether oxygens (including phenoxy) is 1. The monoisotopic (exact) mass is 328 g/mol. The maximum absolute atomic E-state index is 10.9. The predicted octanol–water partition coefficient (Wildman–Crippen LogP) is 2.79. The Hall–Kier alpha value is -3.28. The second kappa shape index (κ2) is 8.99. The zero-order valence-electron chi connectivity index (χ0n) is 13.2. The third-order valence-corrected chi connectivity index (χ3v) is 3.08. The van der Waals surface area contributed by atoms with Gasteiger partial charge in [0.25, 0.3) is 0 Å². The van der Waals surface area contributed by atoms with Gasteiger partial charge in [-0.2, -0.15) is 0 Å². The van der Waals surface area contributed by atoms with Gasteiger partial charge >= 0.3 is 11.9 Å². The van der Waals surface area contributed by atoms with Crippen molar-refractivity contribution in [1.29, 1.82) is 0 Å². The van der Waals surface area contributed by atoms with Gasteiger partial charge in [0.05, 0.1) is 18.2 Å². The molecular weight excluding hydrogens is 312 g/mol. The average Bonchev–Trinajstić information content (AvgIpc) is 2.61. The summed E-state index contributed by atoms with van der Waals surface area (Å²) in [5, 5.41) is 8.64. The minimum absolute atomic E-state index is 0.237. The fraction of sp³-hybridized carbons (Fsp3) is 0.111. The first kappa shape index (κ1) is 18.8. The smallest absolute Gasteiger partial charge is 0.337 e. The Balaban J connectivity index is 0.000000240. The van der Waals surface area contributed by atoms with E-state index in [1.54, 1.807) is 37.3 Å². The zero-order chi connectivity index (χ0) is 18.1. The van der Waals surface area contributed by atoms with Crippen LogP contribution in [0.4, 0.5) is 0 Å². The Labute approximate surface area is 138 Å². The predicted molar refractivity (Wildman–Crippen MR) is 86.7 cm³/mol. The van der Waals surface area contributed by atoms with E-state index in [4.69, 9.17) is 5.11 Å². The number of rotatable bonds is 4. The van der Waals surface area contributed by atoms with E-state index in [0.29, 0.717) is 28.5 Å². The molecule has 2 aromatic carbocycles. The van der Waals surface area contributed by atoms with Crippen molar-refractivity contribution in [3.05, 3.63) is 70.3 Å². The summed E-state index contributed by atoms with van der Waals surface area (Å²) in [5.41, 5.74) is 2.33. The molecule has 0 fully saturated rings. The van der Waals surface area contributed by atoms with Crippen molar-refractivity contribution < 1.29 is 29.0 Å². The normalized spacial score (nSPS) is 9.25. The van der Waals surface area contributed by atoms with E-state index < -0.39 is 11.9 Å². The van der Waals surface area contributed by atoms with Crippen molar-refractivity contribution >= 4 is 24.5 Å². The summed E-state index contributed by atoms with van der Waals surface area (Å²) in [4.78, 5) is 42.0. The number of carboxylic acid groups (broad SMARTS) is 1. The van der Waals surface area contributed by atoms with Crippen LogP contribution in [-0.2, 0) is 4.74 Å². The van der Waals surface area contributed by atoms with E-state index in [1.807, 2.05) is 0 Å². The lowest BCUT2D eigenvalue weighted by atomic mass is 10.1. The van der Waals surface area contributed by atoms with Gasteiger partial charge in [0.15, 0.2) is 0 Å². The third kappa shape index (κ3) is 5.17. The minimum atomic E-state index is -0.968. The van der Waals surface area contributed by atoms with Crippen LogP contribution in [0.25, 0.3) is 0 Å². The van der Waals surface area contributed by atoms with Crippen molar-refractivity contribution in [2.75, 3.05) is 7.11 Å². The summed E-state index contributed by atoms with van der Waals surface area (Å²) in [6.07, 6.45) is 1.42. The van der Waals surface area contributed by atoms with Gasteiger partial charge in [-0.3, -0.25) is 9.59 Å². The van der Waals surface area contributed by atoms with Crippen LogP contribution >= 0.6 is 0 Å². The van der Waals surface area contributed by atoms with Gasteiger partial charge in [0.2, 0.25) is 0 Å². The van der Waals surface area contributed by atoms with E-state index in [-0.39, 0.29) is 5.56 Å². The van der Waals surface area contributed by atoms with Gasteiger partial charge in [-0.1, -0.05) is 18.2 Å². The number of methoxy groups -OCH3 is 1. The van der Waals surface area contributed by atoms with Gasteiger partial charge in [-0.05, 0) is 36.8 Å². The Kier molecular flexibility index (Phi) is 7.03. The highest BCUT2D eigenvalue weighted by molar-refractivity contribution is 5.91. The Bertz CT molecular complexity index is 747. The van der Waals surface area contributed by atoms with Gasteiger partial charge in [-0.25, -0.2) is 9.59 Å². The Morgan fingerprint density at radius 3 is 1.92 bits per heavy atom. The van der Waals surface area contributed by atoms with Crippen LogP contribution in [0.2, 0.25) is 0 Å². The summed E-state index contributed by atoms with van der Waals surface area (Å²) >= 11 is 0. The minimum Gasteiger partial charge on any atom is -0.478 e. The van der Waals surface area contributed by atoms with Crippen molar-refractivity contribution in [3.63, 3.8) is 0 Å². The molecule has 2 aromatic rings. The first-order chi connectivity index (χ1) is 11.4. The quantitative estimate of drug-likeness (QED) is 0.684. The molecule has 0 radical (unpaired) electrons. The molecule has 0 spiro atoms. The lowest BCUT2D eigenvalue weighted by molar-refractivity contribution is 0.0599. The van der Waals surface area contributed by atoms with Crippen molar-refractivity contribution in [1.82, 2.24) is 0 Å². The van der Waals surface area contributed by atoms with E-state index in [0.717, 1.165) is 6.29 Å². The van der Waals surface area contributed by atoms with Crippen LogP contribution in [0.15, 0.2) is 42.5 Å². The number of hydrogen-bond donors (Lipinski definition) is 1. The van der Waals surface area contributed by atoms with Crippen molar-refractivity contribution in [2.45, 2.75) is 6.92 Å². The fourth-order valence-corrected chi connectivity index (χ4v) is 1.82. The maximum Gasteiger partial charge on any atom is 0.337 e. The fourth-order valence-electron chi connectivity index (χ4n) is 1.82. The number of hydrogen-bond acceptors (Lipinski definition) is 5. The molecule has 0 saturated heterocycles. The SMILES string of the molecule is COC(=O)c1ccc(C=O)cc1.Cc1cc(C=O)ccc1C(=O)O. The molecule has 0 aliphatic heterocycles. The summed E-state index contributed by atoms with van der Waals surface area (Å²) < 4.78 is 4.48. The number of aldehydes is 2. The summed E-state index contributed by atoms with van der Waals surface area (Å²) in [6.45, 7) is 1.66. The molecule has 0 aromatic heterocycles. The molecule has 0 saturated carbocycles. The molecule has 124 valence electrons. The Morgan fingerprint density at radius 2 is 1.50 bits per heavy atom. The molecule has 0 aliphatic carbocycles. The largest absolute Gasteiger partial charge is 0.478 e. The van der Waals surface area contributed by atoms with E-state index in [1.165, 1.54) is 19.2 Å². The van der Waals surface area contributed by atoms with Crippen LogP contribution in [0.5, 0.6) is 0 Å². The molecule has 24 heavy (non-hydrogen) atoms. The molecule has 6 nitrogen and oxygen atoms in total. The lowest BCUT2D eigenvalue weighted by Crippen LogP contribution is -2.00. The highest BCUT2D eigenvalue weighted by Gasteiger charge is 2.06. The molecule has 2 rings (SSSR count). The van der Waals surface area contributed by atoms with Crippen LogP contribution in [0.3, 0.4) is 0 Å². The standard InChI is InChI=1S/2C9H8O3/c1-12-9(11)8-4-2-7(6-10)3-5-8;1-6-4-7(5-10)2-3-8(6)9(11)12/h2-6H,1H3;2-5H,1H3,(H,11,12). The highest BCUT2D eigenvalue weighted by atomic mass is 16.5. The first-order valence-corrected chi connectivity index (χ1v) is 6.85. The lowest BCUT2D eigenvalue weighted by Gasteiger charge is -1.99. The molecule has 0 unspecified atom stereocenters. The summed E-state index contributed by atoms with van der Waals surface area (Å²) in [5.74, 6) is -1.36. The van der Waals surface area contributed by atoms with Gasteiger partial charge < -0.3 is 9.84 Å². The molecule has 0 heterocycles. The number of carbonyl (C=O) groups is 4. The number of benzene rings is 2. The van der Waals surface area contributed by atoms with Crippen LogP contribution < -0.4 is 0 Å². The zero-order valence-corrected chi connectivity index (χ0v) is 13.2. The molecule has 0 atom stereocenters. The Morgan fingerprint density at radius 1 is 0.958 bits per heavy atom. The van der Waals surface area contributed by atoms with E-state index >= 15 is 0 Å². The second-order valence-corrected chi connectivity index (χ2v) is 4.73. The third-order valence-electron chi connectivity index (χ3n) is 3.08. The number of aromatic carboxylic acids is 1. The molecular formula is C18H16O6. The number of aryl methyl sites for hydroxylation is 1. The molecule has 1 N–H and O–H groups in total. The van der Waals surface area contributed by atoms with Gasteiger partial charge in [0, 0.05) is 11.1 Å². The van der Waals surface area contributed by atoms with Crippen LogP contribution in [0, 0.1) is 6.92 Å². The number of esters is 1. The molecule has 0 amide bonds. The highest BCUT2D eigenvalue weighted by Crippen LogP contribution is 2.09. The summed E-state index contributed by atoms with van der Waals surface area (Å²) in [7, 11) is 1.32. The number of carbonyl (C=O) groups excluding carboxylic acids is 3. The average molecular weight is 328 g/mol. The maximum atomic E-state index is 10.9. The summed E-state index contributed by atoms with van der Waals surface area (Å²) in [6, 6.07) is 10.7. The molecule has 0 bridgehead atoms. The topological polar surface area (TPSA) is 97.7 Å². The first-order valence-electron chi connectivity index (χ1n) is 6.85. The molecule has 6 heteroatoms. The molecule has 0 aliphatic rings. The van der Waals surface area contributed by atoms with Crippen molar-refractivity contribution in [3.8, 4) is 0 Å². The van der Waals surface area contributed by atoms with Gasteiger partial charge in [0.1, 0.15) is 12.6 Å². The van der Waals surface area contributed by atoms with Crippen LogP contribution in [-0.4, -0.2) is 36.7 Å². The van der Waals surface area contributed by atoms with E-state index in [9.17, 15) is 19.2 Å². The van der Waals surface area contributed by atoms with Gasteiger partial charge in [-0.15, -0.1) is 0 Å². The van der Waals surface area contributed by atoms with Crippen LogP contribution in [0.1, 0.15) is 47.0 Å². The second-order valence-electron chi connectivity index (χ2n) is 4.73. The number of carboxylic acids is 1.